The predicted molar refractivity (Wildman–Crippen MR) is 468 cm³/mol. The van der Waals surface area contributed by atoms with Crippen molar-refractivity contribution in [3.8, 4) is 11.5 Å². The third-order valence-electron chi connectivity index (χ3n) is 20.9. The molecule has 6 fully saturated rings. The molecule has 0 aliphatic carbocycles. The lowest BCUT2D eigenvalue weighted by Crippen LogP contribution is -2.43. The van der Waals surface area contributed by atoms with Crippen LogP contribution >= 0.6 is 11.6 Å². The van der Waals surface area contributed by atoms with Crippen molar-refractivity contribution in [2.24, 2.45) is 35.5 Å². The van der Waals surface area contributed by atoms with Crippen LogP contribution in [0.1, 0.15) is 82.6 Å². The molecule has 6 aromatic carbocycles. The van der Waals surface area contributed by atoms with Crippen LogP contribution in [0.25, 0.3) is 0 Å². The van der Waals surface area contributed by atoms with Gasteiger partial charge in [-0.1, -0.05) is 54.1 Å². The van der Waals surface area contributed by atoms with E-state index in [1.807, 2.05) is 12.1 Å². The molecule has 6 aliphatic rings. The maximum Gasteiger partial charge on any atom is 0.416 e. The van der Waals surface area contributed by atoms with Crippen LogP contribution in [-0.2, 0) is 95.1 Å². The Labute approximate surface area is 737 Å². The summed E-state index contributed by atoms with van der Waals surface area (Å²) in [5.74, 6) is -5.02. The number of rotatable bonds is 20. The zero-order chi connectivity index (χ0) is 93.3. The largest absolute Gasteiger partial charge is 0.497 e. The van der Waals surface area contributed by atoms with E-state index in [0.29, 0.717) is 162 Å². The number of halogens is 7. The molecule has 0 radical (unpaired) electrons. The molecule has 6 aromatic rings. The molecular weight excluding hydrogens is 1800 g/mol. The van der Waals surface area contributed by atoms with Crippen LogP contribution < -0.4 is 41.4 Å². The lowest BCUT2D eigenvalue weighted by Gasteiger charge is -2.30. The number of alkyl halides is 3. The SMILES string of the molecule is COc1cccc(NC(=O)C2CCCN(S(C)(=O)=O)C2)c1.COc1ccccc1NC(=O)C1CCCN(S(C)(=O)=O)C1.CS(=O)(=O)N1CCCC(C(=O)Nc2ccc(F)cc2F)C1.CS(=O)(=O)N1CCCC(C(=O)Nc2cccc(C(F)(F)F)c2)C1.CS(=O)(=O)N1CCCC(C(=O)Nc2cccc(F)c2)C1.CS(=O)(=O)N1CCCC(C(=O)Nc2ccccc2Cl)C1. The van der Waals surface area contributed by atoms with Gasteiger partial charge in [0.05, 0.1) is 115 Å². The summed E-state index contributed by atoms with van der Waals surface area (Å²) in [6.45, 7) is 3.65. The summed E-state index contributed by atoms with van der Waals surface area (Å²) in [6.07, 6.45) is 9.88. The number of hydrogen-bond acceptors (Lipinski definition) is 20. The van der Waals surface area contributed by atoms with E-state index in [0.717, 1.165) is 43.0 Å². The van der Waals surface area contributed by atoms with Gasteiger partial charge in [0.1, 0.15) is 29.0 Å². The highest BCUT2D eigenvalue weighted by atomic mass is 35.5. The van der Waals surface area contributed by atoms with Crippen molar-refractivity contribution in [3.05, 3.63) is 168 Å². The molecule has 6 atom stereocenters. The minimum atomic E-state index is -4.49. The van der Waals surface area contributed by atoms with Crippen molar-refractivity contribution >= 4 is 141 Å². The molecule has 696 valence electrons. The highest BCUT2D eigenvalue weighted by molar-refractivity contribution is 7.89. The van der Waals surface area contributed by atoms with Gasteiger partial charge in [-0.05, 0) is 162 Å². The second-order valence-corrected chi connectivity index (χ2v) is 43.1. The monoisotopic (exact) mass is 1910 g/mol. The fourth-order valence-corrected chi connectivity index (χ4v) is 19.8. The molecule has 6 unspecified atom stereocenters. The molecule has 0 bridgehead atoms. The first-order valence-electron chi connectivity index (χ1n) is 39.8. The number of nitrogens with one attached hydrogen (secondary N) is 6. The Kier molecular flexibility index (Phi) is 38.7. The molecule has 45 heteroatoms. The van der Waals surface area contributed by atoms with Crippen molar-refractivity contribution in [2.45, 2.75) is 83.2 Å². The number of hydrogen-bond donors (Lipinski definition) is 6. The summed E-state index contributed by atoms with van der Waals surface area (Å²) in [5, 5.41) is 16.3. The van der Waals surface area contributed by atoms with Crippen LogP contribution in [-0.4, -0.2) is 242 Å². The van der Waals surface area contributed by atoms with Crippen LogP contribution in [0.2, 0.25) is 5.02 Å². The number of methoxy groups -OCH3 is 2. The number of piperidine rings is 6. The molecule has 126 heavy (non-hydrogen) atoms. The number of amides is 6. The van der Waals surface area contributed by atoms with Crippen LogP contribution in [0, 0.1) is 53.0 Å². The predicted octanol–water partition coefficient (Wildman–Crippen LogP) is 9.89. The lowest BCUT2D eigenvalue weighted by molar-refractivity contribution is -0.137. The number of carbonyl (C=O) groups excluding carboxylic acids is 6. The third kappa shape index (κ3) is 33.9. The molecule has 6 N–H and O–H groups in total. The van der Waals surface area contributed by atoms with Gasteiger partial charge in [-0.2, -0.15) is 13.2 Å². The highest BCUT2D eigenvalue weighted by Crippen LogP contribution is 2.34. The number of carbonyl (C=O) groups is 6. The Morgan fingerprint density at radius 2 is 0.643 bits per heavy atom. The van der Waals surface area contributed by atoms with E-state index in [2.05, 4.69) is 31.9 Å². The summed E-state index contributed by atoms with van der Waals surface area (Å²) < 4.78 is 234. The van der Waals surface area contributed by atoms with Gasteiger partial charge in [0.15, 0.2) is 0 Å². The van der Waals surface area contributed by atoms with Crippen molar-refractivity contribution < 1.29 is 115 Å². The summed E-state index contributed by atoms with van der Waals surface area (Å²) in [4.78, 5) is 73.2. The van der Waals surface area contributed by atoms with Gasteiger partial charge in [-0.25, -0.2) is 89.5 Å². The molecule has 6 amide bonds. The smallest absolute Gasteiger partial charge is 0.416 e. The molecule has 6 heterocycles. The average molecular weight is 1910 g/mol. The second kappa shape index (κ2) is 46.9. The van der Waals surface area contributed by atoms with Gasteiger partial charge in [-0.15, -0.1) is 0 Å². The maximum atomic E-state index is 13.5. The summed E-state index contributed by atoms with van der Waals surface area (Å²) in [6, 6.07) is 34.1. The van der Waals surface area contributed by atoms with Gasteiger partial charge in [0.2, 0.25) is 95.6 Å². The van der Waals surface area contributed by atoms with Crippen LogP contribution in [0.5, 0.6) is 11.5 Å². The maximum absolute atomic E-state index is 13.5. The van der Waals surface area contributed by atoms with Crippen molar-refractivity contribution in [2.75, 3.05) is 162 Å². The number of benzene rings is 6. The van der Waals surface area contributed by atoms with Gasteiger partial charge < -0.3 is 41.4 Å². The number of nitrogens with zero attached hydrogens (tertiary/aromatic N) is 6. The number of ether oxygens (including phenoxy) is 2. The Morgan fingerprint density at radius 1 is 0.341 bits per heavy atom. The first kappa shape index (κ1) is 104. The van der Waals surface area contributed by atoms with Crippen LogP contribution in [0.4, 0.5) is 60.5 Å². The molecule has 32 nitrogen and oxygen atoms in total. The minimum absolute atomic E-state index is 0.0429. The lowest BCUT2D eigenvalue weighted by atomic mass is 9.98. The number of sulfonamides is 6. The van der Waals surface area contributed by atoms with E-state index in [9.17, 15) is 106 Å². The molecule has 6 aliphatic heterocycles. The Hall–Kier alpha value is -8.93. The molecule has 6 saturated heterocycles. The first-order valence-corrected chi connectivity index (χ1v) is 51.3. The van der Waals surface area contributed by atoms with E-state index in [1.165, 1.54) is 82.0 Å². The molecule has 0 saturated carbocycles. The van der Waals surface area contributed by atoms with Crippen molar-refractivity contribution in [3.63, 3.8) is 0 Å². The molecule has 0 aromatic heterocycles. The average Bonchev–Trinajstić information content (AvgIpc) is 0.766. The first-order chi connectivity index (χ1) is 58.9. The number of anilines is 6. The fraction of sp³-hybridized carbons (Fsp3) is 0.481. The van der Waals surface area contributed by atoms with E-state index in [1.54, 1.807) is 73.8 Å². The Morgan fingerprint density at radius 3 is 0.976 bits per heavy atom. The number of para-hydroxylation sites is 3. The normalized spacial score (nSPS) is 20.3. The van der Waals surface area contributed by atoms with Crippen molar-refractivity contribution in [1.82, 2.24) is 25.8 Å². The third-order valence-corrected chi connectivity index (χ3v) is 28.9. The van der Waals surface area contributed by atoms with E-state index in [-0.39, 0.29) is 92.0 Å². The quantitative estimate of drug-likeness (QED) is 0.0387. The summed E-state index contributed by atoms with van der Waals surface area (Å²) >= 11 is 5.99. The molecular formula is C81H107ClF6N12O20S6. The second-order valence-electron chi connectivity index (χ2n) is 30.8. The Bertz CT molecular complexity index is 5510. The van der Waals surface area contributed by atoms with Crippen molar-refractivity contribution in [1.29, 1.82) is 0 Å². The topological polar surface area (TPSA) is 417 Å². The standard InChI is InChI=1S/C14H17F3N2O3S.2C14H20N2O4S.C13H17ClN2O3S.C13H16F2N2O3S.C13H17FN2O3S/c1-23(21,22)19-7-3-4-10(9-19)13(20)18-12-6-2-5-11(8-12)14(15,16)17;1-20-13-7-3-6-12(9-13)15-14(17)11-5-4-8-16(10-11)21(2,18)19;1-20-13-8-4-3-7-12(13)15-14(17)11-6-5-9-16(10-11)21(2,18)19;1-20(18,19)16-8-4-5-10(9-16)13(17)15-12-7-3-2-6-11(12)14;1-21(19,20)17-6-2-3-9(8-17)13(18)16-12-5-4-10(14)7-11(12)15;1-20(18,19)16-7-3-4-10(9-16)13(17)15-12-6-2-5-11(14)8-12/h2,5-6,8,10H,3-4,7,9H2,1H3,(H,18,20);3,6-7,9,11H,4-5,8,10H2,1-2H3,(H,15,17);3-4,7-8,11H,5-6,9-10H2,1-2H3,(H,15,17);2-3,6-7,10H,4-5,8-9H2,1H3,(H,15,17);4-5,7,9H,2-3,6,8H2,1H3,(H,16,18);2,5-6,8,10H,3-4,7,9H2,1H3,(H,15,17). The zero-order valence-electron chi connectivity index (χ0n) is 70.7. The van der Waals surface area contributed by atoms with Gasteiger partial charge in [0, 0.05) is 108 Å². The fourth-order valence-electron chi connectivity index (χ4n) is 14.1. The van der Waals surface area contributed by atoms with Crippen LogP contribution in [0.15, 0.2) is 140 Å². The van der Waals surface area contributed by atoms with Crippen LogP contribution in [0.3, 0.4) is 0 Å². The molecule has 12 rings (SSSR count). The highest BCUT2D eigenvalue weighted by Gasteiger charge is 2.38. The molecule has 0 spiro atoms. The van der Waals surface area contributed by atoms with Gasteiger partial charge in [-0.3, -0.25) is 28.8 Å². The van der Waals surface area contributed by atoms with Gasteiger partial charge in [0.25, 0.3) is 0 Å². The minimum Gasteiger partial charge on any atom is -0.497 e. The van der Waals surface area contributed by atoms with E-state index in [4.69, 9.17) is 21.1 Å². The van der Waals surface area contributed by atoms with Gasteiger partial charge >= 0.3 is 6.18 Å². The Balaban J connectivity index is 0.000000208. The summed E-state index contributed by atoms with van der Waals surface area (Å²) in [7, 11) is -16.7. The van der Waals surface area contributed by atoms with E-state index < -0.39 is 119 Å². The van der Waals surface area contributed by atoms with E-state index >= 15 is 0 Å². The zero-order valence-corrected chi connectivity index (χ0v) is 76.3. The summed E-state index contributed by atoms with van der Waals surface area (Å²) in [5.41, 5.74) is 1.26.